The summed E-state index contributed by atoms with van der Waals surface area (Å²) in [5.41, 5.74) is 0.930. The number of amides is 3. The quantitative estimate of drug-likeness (QED) is 0.752. The molecule has 2 aromatic rings. The summed E-state index contributed by atoms with van der Waals surface area (Å²) in [5, 5.41) is 4.83. The molecule has 2 aliphatic heterocycles. The van der Waals surface area contributed by atoms with Gasteiger partial charge in [0.1, 0.15) is 4.88 Å². The summed E-state index contributed by atoms with van der Waals surface area (Å²) in [7, 11) is 2.07. The highest BCUT2D eigenvalue weighted by atomic mass is 35.5. The van der Waals surface area contributed by atoms with Crippen LogP contribution in [-0.2, 0) is 0 Å². The molecule has 3 amide bonds. The summed E-state index contributed by atoms with van der Waals surface area (Å²) >= 11 is 7.25. The zero-order chi connectivity index (χ0) is 19.8. The second kappa shape index (κ2) is 7.66. The Hall–Kier alpha value is -2.22. The van der Waals surface area contributed by atoms with Crippen molar-refractivity contribution in [3.05, 3.63) is 50.7 Å². The molecule has 1 aromatic carbocycles. The van der Waals surface area contributed by atoms with Gasteiger partial charge in [0.05, 0.1) is 21.8 Å². The molecule has 8 heteroatoms. The van der Waals surface area contributed by atoms with Crippen LogP contribution in [0.3, 0.4) is 0 Å². The minimum Gasteiger partial charge on any atom is -0.320 e. The van der Waals surface area contributed by atoms with Crippen LogP contribution in [0.15, 0.2) is 29.6 Å². The third kappa shape index (κ3) is 3.34. The number of imide groups is 1. The molecule has 0 spiro atoms. The summed E-state index contributed by atoms with van der Waals surface area (Å²) in [6, 6.07) is 6.98. The largest absolute Gasteiger partial charge is 0.320 e. The number of halogens is 1. The summed E-state index contributed by atoms with van der Waals surface area (Å²) in [6.45, 7) is 1.43. The van der Waals surface area contributed by atoms with Gasteiger partial charge in [-0.05, 0) is 56.4 Å². The Morgan fingerprint density at radius 1 is 1.29 bits per heavy atom. The Bertz CT molecular complexity index is 958. The van der Waals surface area contributed by atoms with Gasteiger partial charge in [0.2, 0.25) is 0 Å². The predicted molar refractivity (Wildman–Crippen MR) is 109 cm³/mol. The molecule has 1 aromatic heterocycles. The lowest BCUT2D eigenvalue weighted by atomic mass is 10.1. The van der Waals surface area contributed by atoms with Gasteiger partial charge in [0.25, 0.3) is 17.7 Å². The number of nitrogens with zero attached hydrogens (tertiary/aromatic N) is 2. The minimum absolute atomic E-state index is 0.258. The molecule has 0 bridgehead atoms. The monoisotopic (exact) mass is 417 g/mol. The fourth-order valence-electron chi connectivity index (χ4n) is 3.90. The summed E-state index contributed by atoms with van der Waals surface area (Å²) in [5.74, 6) is -1.04. The SMILES string of the molecule is CN1CCCC1CCN1C(=O)c2cccc(NC(=O)c3sccc3Cl)c2C1=O. The molecule has 0 saturated carbocycles. The van der Waals surface area contributed by atoms with E-state index in [0.717, 1.165) is 25.8 Å². The highest BCUT2D eigenvalue weighted by Crippen LogP contribution is 2.31. The number of likely N-dealkylation sites (tertiary alicyclic amines) is 1. The van der Waals surface area contributed by atoms with Gasteiger partial charge in [0, 0.05) is 12.6 Å². The molecule has 0 aliphatic carbocycles. The number of hydrogen-bond donors (Lipinski definition) is 1. The molecule has 2 aliphatic rings. The van der Waals surface area contributed by atoms with Crippen LogP contribution in [0.2, 0.25) is 5.02 Å². The first-order valence-corrected chi connectivity index (χ1v) is 10.5. The van der Waals surface area contributed by atoms with Crippen LogP contribution in [0, 0.1) is 0 Å². The first-order chi connectivity index (χ1) is 13.5. The molecule has 146 valence electrons. The lowest BCUT2D eigenvalue weighted by Gasteiger charge is -2.22. The third-order valence-corrected chi connectivity index (χ3v) is 6.77. The maximum Gasteiger partial charge on any atom is 0.267 e. The van der Waals surface area contributed by atoms with Gasteiger partial charge in [-0.2, -0.15) is 0 Å². The van der Waals surface area contributed by atoms with Gasteiger partial charge in [0.15, 0.2) is 0 Å². The normalized spacial score (nSPS) is 19.4. The summed E-state index contributed by atoms with van der Waals surface area (Å²) < 4.78 is 0. The number of nitrogens with one attached hydrogen (secondary N) is 1. The smallest absolute Gasteiger partial charge is 0.267 e. The zero-order valence-corrected chi connectivity index (χ0v) is 17.0. The van der Waals surface area contributed by atoms with E-state index in [9.17, 15) is 14.4 Å². The number of thiophene rings is 1. The van der Waals surface area contributed by atoms with Crippen LogP contribution < -0.4 is 5.32 Å². The zero-order valence-electron chi connectivity index (χ0n) is 15.4. The summed E-state index contributed by atoms with van der Waals surface area (Å²) in [6.07, 6.45) is 2.99. The van der Waals surface area contributed by atoms with Gasteiger partial charge in [-0.3, -0.25) is 19.3 Å². The number of rotatable bonds is 5. The van der Waals surface area contributed by atoms with Gasteiger partial charge in [-0.15, -0.1) is 11.3 Å². The van der Waals surface area contributed by atoms with E-state index in [4.69, 9.17) is 11.6 Å². The standard InChI is InChI=1S/C20H20ClN3O3S/c1-23-9-3-4-12(23)7-10-24-19(26)13-5-2-6-15(16(13)20(24)27)22-18(25)17-14(21)8-11-28-17/h2,5-6,8,11-12H,3-4,7,9-10H2,1H3,(H,22,25). The van der Waals surface area contributed by atoms with E-state index in [2.05, 4.69) is 17.3 Å². The molecular weight excluding hydrogens is 398 g/mol. The molecule has 1 saturated heterocycles. The lowest BCUT2D eigenvalue weighted by molar-refractivity contribution is 0.0643. The van der Waals surface area contributed by atoms with Crippen molar-refractivity contribution in [2.24, 2.45) is 0 Å². The molecule has 4 rings (SSSR count). The minimum atomic E-state index is -0.389. The first kappa shape index (κ1) is 19.1. The van der Waals surface area contributed by atoms with Crippen molar-refractivity contribution < 1.29 is 14.4 Å². The van der Waals surface area contributed by atoms with Crippen molar-refractivity contribution in [1.82, 2.24) is 9.80 Å². The van der Waals surface area contributed by atoms with Crippen LogP contribution in [0.4, 0.5) is 5.69 Å². The second-order valence-electron chi connectivity index (χ2n) is 7.11. The van der Waals surface area contributed by atoms with E-state index in [1.165, 1.54) is 16.2 Å². The molecule has 28 heavy (non-hydrogen) atoms. The van der Waals surface area contributed by atoms with Gasteiger partial charge in [-0.25, -0.2) is 0 Å². The average molecular weight is 418 g/mol. The number of carbonyl (C=O) groups excluding carboxylic acids is 3. The Labute approximate surface area is 172 Å². The highest BCUT2D eigenvalue weighted by Gasteiger charge is 2.38. The Balaban J connectivity index is 1.54. The Morgan fingerprint density at radius 3 is 2.79 bits per heavy atom. The molecule has 1 N–H and O–H groups in total. The number of hydrogen-bond acceptors (Lipinski definition) is 5. The van der Waals surface area contributed by atoms with Crippen molar-refractivity contribution in [2.75, 3.05) is 25.5 Å². The highest BCUT2D eigenvalue weighted by molar-refractivity contribution is 7.12. The van der Waals surface area contributed by atoms with E-state index >= 15 is 0 Å². The molecular formula is C20H20ClN3O3S. The lowest BCUT2D eigenvalue weighted by Crippen LogP contribution is -2.35. The van der Waals surface area contributed by atoms with Crippen LogP contribution >= 0.6 is 22.9 Å². The number of fused-ring (bicyclic) bond motifs is 1. The topological polar surface area (TPSA) is 69.7 Å². The first-order valence-electron chi connectivity index (χ1n) is 9.21. The van der Waals surface area contributed by atoms with E-state index in [1.807, 2.05) is 0 Å². The molecule has 1 unspecified atom stereocenters. The van der Waals surface area contributed by atoms with Crippen molar-refractivity contribution in [1.29, 1.82) is 0 Å². The maximum atomic E-state index is 13.0. The fraction of sp³-hybridized carbons (Fsp3) is 0.350. The summed E-state index contributed by atoms with van der Waals surface area (Å²) in [4.78, 5) is 42.2. The van der Waals surface area contributed by atoms with E-state index in [-0.39, 0.29) is 23.3 Å². The van der Waals surface area contributed by atoms with E-state index in [0.29, 0.717) is 33.7 Å². The van der Waals surface area contributed by atoms with Crippen LogP contribution in [-0.4, -0.2) is 53.7 Å². The molecule has 1 fully saturated rings. The average Bonchev–Trinajstić information content (AvgIpc) is 3.34. The third-order valence-electron chi connectivity index (χ3n) is 5.43. The van der Waals surface area contributed by atoms with Crippen LogP contribution in [0.25, 0.3) is 0 Å². The van der Waals surface area contributed by atoms with Crippen molar-refractivity contribution in [2.45, 2.75) is 25.3 Å². The van der Waals surface area contributed by atoms with Crippen LogP contribution in [0.5, 0.6) is 0 Å². The number of carbonyl (C=O) groups is 3. The van der Waals surface area contributed by atoms with Gasteiger partial charge in [-0.1, -0.05) is 17.7 Å². The molecule has 0 radical (unpaired) electrons. The van der Waals surface area contributed by atoms with Crippen molar-refractivity contribution in [3.8, 4) is 0 Å². The number of anilines is 1. The second-order valence-corrected chi connectivity index (χ2v) is 8.43. The Morgan fingerprint density at radius 2 is 2.11 bits per heavy atom. The van der Waals surface area contributed by atoms with Gasteiger partial charge >= 0.3 is 0 Å². The fourth-order valence-corrected chi connectivity index (χ4v) is 4.93. The Kier molecular flexibility index (Phi) is 5.23. The predicted octanol–water partition coefficient (Wildman–Crippen LogP) is 3.73. The molecule has 6 nitrogen and oxygen atoms in total. The van der Waals surface area contributed by atoms with Crippen molar-refractivity contribution >= 4 is 46.3 Å². The van der Waals surface area contributed by atoms with Crippen LogP contribution in [0.1, 0.15) is 49.7 Å². The van der Waals surface area contributed by atoms with Gasteiger partial charge < -0.3 is 10.2 Å². The van der Waals surface area contributed by atoms with E-state index < -0.39 is 0 Å². The van der Waals surface area contributed by atoms with Crippen molar-refractivity contribution in [3.63, 3.8) is 0 Å². The van der Waals surface area contributed by atoms with E-state index in [1.54, 1.807) is 29.6 Å². The maximum absolute atomic E-state index is 13.0. The molecule has 1 atom stereocenters. The molecule has 3 heterocycles. The number of benzene rings is 1.